The van der Waals surface area contributed by atoms with Gasteiger partial charge in [-0.1, -0.05) is 29.8 Å². The molecule has 0 fully saturated rings. The zero-order valence-corrected chi connectivity index (χ0v) is 26.4. The fourth-order valence-electron chi connectivity index (χ4n) is 4.24. The van der Waals surface area contributed by atoms with Gasteiger partial charge in [-0.15, -0.1) is 0 Å². The molecule has 43 heavy (non-hydrogen) atoms. The van der Waals surface area contributed by atoms with Gasteiger partial charge >= 0.3 is 0 Å². The first-order chi connectivity index (χ1) is 20.0. The number of methoxy groups -OCH3 is 1. The van der Waals surface area contributed by atoms with Gasteiger partial charge in [0.15, 0.2) is 0 Å². The molecule has 0 aliphatic heterocycles. The summed E-state index contributed by atoms with van der Waals surface area (Å²) in [6.07, 6.45) is 0. The number of halogens is 1. The Labute approximate surface area is 256 Å². The van der Waals surface area contributed by atoms with Gasteiger partial charge in [0, 0.05) is 28.7 Å². The quantitative estimate of drug-likeness (QED) is 0.230. The molecule has 230 valence electrons. The molecule has 1 unspecified atom stereocenters. The summed E-state index contributed by atoms with van der Waals surface area (Å²) in [5, 5.41) is 14.9. The number of carbonyl (C=O) groups is 2. The summed E-state index contributed by atoms with van der Waals surface area (Å²) in [4.78, 5) is 39.1. The average molecular weight is 631 g/mol. The van der Waals surface area contributed by atoms with Gasteiger partial charge in [0.1, 0.15) is 18.3 Å². The van der Waals surface area contributed by atoms with E-state index in [1.807, 2.05) is 0 Å². The molecule has 1 atom stereocenters. The number of rotatable bonds is 11. The van der Waals surface area contributed by atoms with Crippen molar-refractivity contribution < 1.29 is 27.7 Å². The van der Waals surface area contributed by atoms with E-state index in [0.29, 0.717) is 16.3 Å². The molecule has 0 aromatic heterocycles. The number of anilines is 1. The van der Waals surface area contributed by atoms with Crippen LogP contribution in [0.25, 0.3) is 0 Å². The second-order valence-corrected chi connectivity index (χ2v) is 13.3. The fraction of sp³-hybridized carbons (Fsp3) is 0.333. The van der Waals surface area contributed by atoms with Crippen molar-refractivity contribution in [1.82, 2.24) is 10.2 Å². The number of nitrogens with one attached hydrogen (secondary N) is 1. The molecule has 3 aromatic rings. The second kappa shape index (κ2) is 13.4. The van der Waals surface area contributed by atoms with Gasteiger partial charge in [0.05, 0.1) is 22.6 Å². The van der Waals surface area contributed by atoms with Crippen LogP contribution in [-0.4, -0.2) is 55.3 Å². The van der Waals surface area contributed by atoms with Crippen LogP contribution in [-0.2, 0) is 26.2 Å². The van der Waals surface area contributed by atoms with Gasteiger partial charge in [-0.3, -0.25) is 24.0 Å². The predicted octanol–water partition coefficient (Wildman–Crippen LogP) is 5.09. The van der Waals surface area contributed by atoms with Crippen molar-refractivity contribution in [1.29, 1.82) is 0 Å². The van der Waals surface area contributed by atoms with Crippen LogP contribution in [0.15, 0.2) is 71.6 Å². The smallest absolute Gasteiger partial charge is 0.273 e. The maximum atomic E-state index is 14.0. The third-order valence-corrected chi connectivity index (χ3v) is 8.52. The molecule has 11 nitrogen and oxygen atoms in total. The number of carbonyl (C=O) groups excluding carboxylic acids is 2. The highest BCUT2D eigenvalue weighted by Crippen LogP contribution is 2.29. The largest absolute Gasteiger partial charge is 0.497 e. The van der Waals surface area contributed by atoms with Crippen LogP contribution in [0, 0.1) is 17.0 Å². The Morgan fingerprint density at radius 3 is 2.28 bits per heavy atom. The van der Waals surface area contributed by atoms with Crippen molar-refractivity contribution in [2.75, 3.05) is 18.0 Å². The van der Waals surface area contributed by atoms with Crippen LogP contribution in [0.2, 0.25) is 5.02 Å². The Morgan fingerprint density at radius 1 is 1.07 bits per heavy atom. The number of hydrogen-bond donors (Lipinski definition) is 1. The fourth-order valence-corrected chi connectivity index (χ4v) is 5.89. The number of nitro benzene ring substituents is 1. The van der Waals surface area contributed by atoms with Crippen LogP contribution in [0.1, 0.15) is 38.8 Å². The Kier molecular flexibility index (Phi) is 10.4. The van der Waals surface area contributed by atoms with Crippen LogP contribution < -0.4 is 14.4 Å². The molecule has 2 amide bonds. The number of nitro groups is 1. The number of hydrogen-bond acceptors (Lipinski definition) is 7. The summed E-state index contributed by atoms with van der Waals surface area (Å²) < 4.78 is 34.1. The van der Waals surface area contributed by atoms with Crippen molar-refractivity contribution in [2.45, 2.75) is 57.6 Å². The molecule has 0 spiro atoms. The molecule has 0 bridgehead atoms. The minimum Gasteiger partial charge on any atom is -0.497 e. The van der Waals surface area contributed by atoms with Crippen molar-refractivity contribution in [2.24, 2.45) is 0 Å². The monoisotopic (exact) mass is 630 g/mol. The van der Waals surface area contributed by atoms with Crippen molar-refractivity contribution in [3.63, 3.8) is 0 Å². The second-order valence-electron chi connectivity index (χ2n) is 11.0. The van der Waals surface area contributed by atoms with E-state index in [4.69, 9.17) is 16.3 Å². The molecule has 0 saturated heterocycles. The number of benzene rings is 3. The molecule has 3 aromatic carbocycles. The van der Waals surface area contributed by atoms with E-state index in [0.717, 1.165) is 10.4 Å². The molecule has 0 heterocycles. The lowest BCUT2D eigenvalue weighted by atomic mass is 10.1. The Bertz CT molecular complexity index is 1610. The normalized spacial score (nSPS) is 12.3. The highest BCUT2D eigenvalue weighted by molar-refractivity contribution is 7.92. The van der Waals surface area contributed by atoms with Crippen LogP contribution in [0.3, 0.4) is 0 Å². The van der Waals surface area contributed by atoms with E-state index in [-0.39, 0.29) is 28.4 Å². The summed E-state index contributed by atoms with van der Waals surface area (Å²) in [5.41, 5.74) is 0.0602. The van der Waals surface area contributed by atoms with Crippen LogP contribution in [0.4, 0.5) is 11.4 Å². The van der Waals surface area contributed by atoms with Gasteiger partial charge in [0.2, 0.25) is 11.8 Å². The van der Waals surface area contributed by atoms with E-state index < -0.39 is 44.9 Å². The molecule has 3 rings (SSSR count). The molecule has 0 saturated carbocycles. The van der Waals surface area contributed by atoms with Gasteiger partial charge in [-0.2, -0.15) is 0 Å². The van der Waals surface area contributed by atoms with Gasteiger partial charge in [-0.05, 0) is 82.6 Å². The summed E-state index contributed by atoms with van der Waals surface area (Å²) in [6, 6.07) is 15.3. The minimum atomic E-state index is -4.51. The lowest BCUT2D eigenvalue weighted by molar-refractivity contribution is -0.385. The van der Waals surface area contributed by atoms with E-state index in [2.05, 4.69) is 5.32 Å². The number of amides is 2. The molecular weight excluding hydrogens is 596 g/mol. The van der Waals surface area contributed by atoms with Crippen molar-refractivity contribution >= 4 is 44.8 Å². The molecule has 0 aliphatic carbocycles. The number of aryl methyl sites for hydroxylation is 1. The zero-order chi connectivity index (χ0) is 32.1. The maximum absolute atomic E-state index is 14.0. The molecule has 1 N–H and O–H groups in total. The van der Waals surface area contributed by atoms with Crippen molar-refractivity contribution in [3.05, 3.63) is 93.0 Å². The molecule has 13 heteroatoms. The SMILES string of the molecule is COc1ccc(N(CC(=O)N(Cc2cccc(Cl)c2)C(C)C(=O)NC(C)(C)C)S(=O)(=O)c2ccc(C)c([N+](=O)[O-])c2)cc1. The minimum absolute atomic E-state index is 0.0371. The van der Waals surface area contributed by atoms with Crippen LogP contribution in [0.5, 0.6) is 5.75 Å². The van der Waals surface area contributed by atoms with Gasteiger partial charge < -0.3 is 15.0 Å². The summed E-state index contributed by atoms with van der Waals surface area (Å²) >= 11 is 6.17. The summed E-state index contributed by atoms with van der Waals surface area (Å²) in [6.45, 7) is 7.73. The third kappa shape index (κ3) is 8.45. The van der Waals surface area contributed by atoms with E-state index in [9.17, 15) is 28.1 Å². The van der Waals surface area contributed by atoms with Crippen molar-refractivity contribution in [3.8, 4) is 5.75 Å². The standard InChI is InChI=1S/C30H35ClN4O7S/c1-20-10-15-26(17-27(20)35(38)39)43(40,41)34(24-11-13-25(42-6)14-12-24)19-28(36)33(18-22-8-7-9-23(31)16-22)21(2)29(37)32-30(3,4)5/h7-17,21H,18-19H2,1-6H3,(H,32,37). The Hall–Kier alpha value is -4.16. The maximum Gasteiger partial charge on any atom is 0.273 e. The highest BCUT2D eigenvalue weighted by Gasteiger charge is 2.34. The topological polar surface area (TPSA) is 139 Å². The summed E-state index contributed by atoms with van der Waals surface area (Å²) in [5.74, 6) is -0.665. The number of sulfonamides is 1. The first kappa shape index (κ1) is 33.3. The van der Waals surface area contributed by atoms with Gasteiger partial charge in [0.25, 0.3) is 15.7 Å². The lowest BCUT2D eigenvalue weighted by Gasteiger charge is -2.33. The zero-order valence-electron chi connectivity index (χ0n) is 24.8. The third-order valence-electron chi connectivity index (χ3n) is 6.51. The lowest BCUT2D eigenvalue weighted by Crippen LogP contribution is -2.54. The highest BCUT2D eigenvalue weighted by atomic mass is 35.5. The van der Waals surface area contributed by atoms with E-state index in [1.54, 1.807) is 52.0 Å². The number of nitrogens with zero attached hydrogens (tertiary/aromatic N) is 3. The molecule has 0 aliphatic rings. The Morgan fingerprint density at radius 2 is 1.72 bits per heavy atom. The van der Waals surface area contributed by atoms with Crippen LogP contribution >= 0.6 is 11.6 Å². The molecular formula is C30H35ClN4O7S. The number of ether oxygens (including phenoxy) is 1. The first-order valence-electron chi connectivity index (χ1n) is 13.3. The van der Waals surface area contributed by atoms with E-state index >= 15 is 0 Å². The average Bonchev–Trinajstić information content (AvgIpc) is 2.93. The summed E-state index contributed by atoms with van der Waals surface area (Å²) in [7, 11) is -3.06. The Balaban J connectivity index is 2.10. The predicted molar refractivity (Wildman–Crippen MR) is 165 cm³/mol. The van der Waals surface area contributed by atoms with E-state index in [1.165, 1.54) is 55.3 Å². The molecule has 0 radical (unpaired) electrons. The van der Waals surface area contributed by atoms with Gasteiger partial charge in [-0.25, -0.2) is 8.42 Å². The first-order valence-corrected chi connectivity index (χ1v) is 15.1.